The highest BCUT2D eigenvalue weighted by molar-refractivity contribution is 6.08. The van der Waals surface area contributed by atoms with Crippen LogP contribution in [0.4, 0.5) is 5.69 Å². The molecule has 3 aromatic carbocycles. The van der Waals surface area contributed by atoms with E-state index in [4.69, 9.17) is 14.6 Å². The molecule has 0 fully saturated rings. The van der Waals surface area contributed by atoms with Crippen LogP contribution >= 0.6 is 0 Å². The van der Waals surface area contributed by atoms with E-state index in [1.165, 1.54) is 0 Å². The highest BCUT2D eigenvalue weighted by atomic mass is 16.5. The van der Waals surface area contributed by atoms with Gasteiger partial charge < -0.3 is 14.8 Å². The van der Waals surface area contributed by atoms with Crippen LogP contribution in [0.1, 0.15) is 21.5 Å². The van der Waals surface area contributed by atoms with Crippen LogP contribution in [-0.2, 0) is 0 Å². The fourth-order valence-corrected chi connectivity index (χ4v) is 3.51. The lowest BCUT2D eigenvalue weighted by molar-refractivity contribution is 0.102. The van der Waals surface area contributed by atoms with E-state index in [-0.39, 0.29) is 5.91 Å². The summed E-state index contributed by atoms with van der Waals surface area (Å²) in [7, 11) is 3.17. The molecule has 1 amide bonds. The normalized spacial score (nSPS) is 10.6. The van der Waals surface area contributed by atoms with Crippen LogP contribution in [-0.4, -0.2) is 29.9 Å². The maximum absolute atomic E-state index is 13.4. The first-order chi connectivity index (χ1) is 15.5. The SMILES string of the molecule is COc1ccc(-c2nn(-c3ccccc3)cc2C(=O)Nc2cc(C)ccc2C)cc1OC. The highest BCUT2D eigenvalue weighted by Crippen LogP contribution is 2.33. The van der Waals surface area contributed by atoms with E-state index in [1.54, 1.807) is 25.1 Å². The van der Waals surface area contributed by atoms with Crippen molar-refractivity contribution in [2.75, 3.05) is 19.5 Å². The van der Waals surface area contributed by atoms with Crippen molar-refractivity contribution in [3.8, 4) is 28.4 Å². The fraction of sp³-hybridized carbons (Fsp3) is 0.154. The zero-order valence-electron chi connectivity index (χ0n) is 18.5. The Bertz CT molecular complexity index is 1260. The zero-order chi connectivity index (χ0) is 22.7. The number of aryl methyl sites for hydroxylation is 2. The van der Waals surface area contributed by atoms with Crippen molar-refractivity contribution in [3.63, 3.8) is 0 Å². The van der Waals surface area contributed by atoms with Gasteiger partial charge in [0.25, 0.3) is 5.91 Å². The highest BCUT2D eigenvalue weighted by Gasteiger charge is 2.21. The van der Waals surface area contributed by atoms with Gasteiger partial charge in [-0.15, -0.1) is 0 Å². The number of para-hydroxylation sites is 1. The maximum atomic E-state index is 13.4. The van der Waals surface area contributed by atoms with Gasteiger partial charge in [0.1, 0.15) is 5.69 Å². The zero-order valence-corrected chi connectivity index (χ0v) is 18.5. The number of benzene rings is 3. The average Bonchev–Trinajstić information content (AvgIpc) is 3.27. The van der Waals surface area contributed by atoms with Gasteiger partial charge in [-0.3, -0.25) is 4.79 Å². The van der Waals surface area contributed by atoms with E-state index in [9.17, 15) is 4.79 Å². The molecule has 6 nitrogen and oxygen atoms in total. The molecule has 0 aliphatic heterocycles. The molecule has 32 heavy (non-hydrogen) atoms. The molecule has 6 heteroatoms. The first-order valence-electron chi connectivity index (χ1n) is 10.3. The molecule has 0 aliphatic rings. The third-order valence-corrected chi connectivity index (χ3v) is 5.28. The Hall–Kier alpha value is -4.06. The van der Waals surface area contributed by atoms with Crippen LogP contribution in [0.5, 0.6) is 11.5 Å². The first-order valence-corrected chi connectivity index (χ1v) is 10.3. The van der Waals surface area contributed by atoms with Gasteiger partial charge in [-0.25, -0.2) is 4.68 Å². The van der Waals surface area contributed by atoms with Crippen molar-refractivity contribution in [1.82, 2.24) is 9.78 Å². The molecule has 1 N–H and O–H groups in total. The average molecular weight is 428 g/mol. The lowest BCUT2D eigenvalue weighted by Crippen LogP contribution is -2.13. The number of carbonyl (C=O) groups excluding carboxylic acids is 1. The molecule has 0 saturated carbocycles. The molecule has 162 valence electrons. The Balaban J connectivity index is 1.81. The summed E-state index contributed by atoms with van der Waals surface area (Å²) in [6.07, 6.45) is 1.75. The Labute approximate surface area is 187 Å². The van der Waals surface area contributed by atoms with E-state index in [2.05, 4.69) is 5.32 Å². The molecule has 0 bridgehead atoms. The maximum Gasteiger partial charge on any atom is 0.259 e. The number of hydrogen-bond donors (Lipinski definition) is 1. The van der Waals surface area contributed by atoms with E-state index < -0.39 is 0 Å². The molecule has 1 heterocycles. The quantitative estimate of drug-likeness (QED) is 0.446. The minimum absolute atomic E-state index is 0.231. The third kappa shape index (κ3) is 4.21. The van der Waals surface area contributed by atoms with Gasteiger partial charge in [-0.2, -0.15) is 5.10 Å². The van der Waals surface area contributed by atoms with Gasteiger partial charge in [0.2, 0.25) is 0 Å². The number of rotatable bonds is 6. The standard InChI is InChI=1S/C26H25N3O3/c1-17-10-11-18(2)22(14-17)27-26(30)21-16-29(20-8-6-5-7-9-20)28-25(21)19-12-13-23(31-3)24(15-19)32-4/h5-16H,1-4H3,(H,27,30). The molecule has 0 atom stereocenters. The minimum atomic E-state index is -0.231. The van der Waals surface area contributed by atoms with Crippen LogP contribution in [0.15, 0.2) is 72.9 Å². The summed E-state index contributed by atoms with van der Waals surface area (Å²) in [4.78, 5) is 13.4. The van der Waals surface area contributed by atoms with Gasteiger partial charge in [0.15, 0.2) is 11.5 Å². The Morgan fingerprint density at radius 1 is 0.906 bits per heavy atom. The van der Waals surface area contributed by atoms with E-state index in [0.717, 1.165) is 28.1 Å². The number of anilines is 1. The number of nitrogens with zero attached hydrogens (tertiary/aromatic N) is 2. The lowest BCUT2D eigenvalue weighted by Gasteiger charge is -2.11. The van der Waals surface area contributed by atoms with Gasteiger partial charge in [-0.05, 0) is 61.4 Å². The van der Waals surface area contributed by atoms with Crippen molar-refractivity contribution in [2.45, 2.75) is 13.8 Å². The van der Waals surface area contributed by atoms with Crippen LogP contribution in [0.2, 0.25) is 0 Å². The Morgan fingerprint density at radius 2 is 1.66 bits per heavy atom. The van der Waals surface area contributed by atoms with Crippen LogP contribution in [0.25, 0.3) is 16.9 Å². The summed E-state index contributed by atoms with van der Waals surface area (Å²) in [6.45, 7) is 3.97. The van der Waals surface area contributed by atoms with Gasteiger partial charge in [0.05, 0.1) is 25.5 Å². The van der Waals surface area contributed by atoms with E-state index in [0.29, 0.717) is 22.8 Å². The number of nitrogens with one attached hydrogen (secondary N) is 1. The van der Waals surface area contributed by atoms with Crippen molar-refractivity contribution in [2.24, 2.45) is 0 Å². The Morgan fingerprint density at radius 3 is 2.38 bits per heavy atom. The molecule has 4 aromatic rings. The van der Waals surface area contributed by atoms with Crippen molar-refractivity contribution in [1.29, 1.82) is 0 Å². The number of carbonyl (C=O) groups is 1. The second-order valence-corrected chi connectivity index (χ2v) is 7.51. The van der Waals surface area contributed by atoms with Crippen LogP contribution in [0, 0.1) is 13.8 Å². The van der Waals surface area contributed by atoms with Crippen LogP contribution in [0.3, 0.4) is 0 Å². The molecule has 1 aromatic heterocycles. The molecule has 4 rings (SSSR count). The molecule has 0 aliphatic carbocycles. The first kappa shape index (κ1) is 21.2. The summed E-state index contributed by atoms with van der Waals surface area (Å²) in [6, 6.07) is 21.2. The number of hydrogen-bond acceptors (Lipinski definition) is 4. The summed E-state index contributed by atoms with van der Waals surface area (Å²) in [5, 5.41) is 7.79. The molecule has 0 radical (unpaired) electrons. The second kappa shape index (κ2) is 8.98. The number of methoxy groups -OCH3 is 2. The van der Waals surface area contributed by atoms with E-state index in [1.807, 2.05) is 80.6 Å². The van der Waals surface area contributed by atoms with E-state index >= 15 is 0 Å². The number of ether oxygens (including phenoxy) is 2. The fourth-order valence-electron chi connectivity index (χ4n) is 3.51. The Kier molecular flexibility index (Phi) is 5.94. The number of amides is 1. The van der Waals surface area contributed by atoms with Crippen molar-refractivity contribution in [3.05, 3.63) is 89.6 Å². The lowest BCUT2D eigenvalue weighted by atomic mass is 10.1. The number of aromatic nitrogens is 2. The summed E-state index contributed by atoms with van der Waals surface area (Å²) >= 11 is 0. The van der Waals surface area contributed by atoms with Crippen molar-refractivity contribution >= 4 is 11.6 Å². The predicted octanol–water partition coefficient (Wildman–Crippen LogP) is 5.43. The minimum Gasteiger partial charge on any atom is -0.493 e. The van der Waals surface area contributed by atoms with Gasteiger partial charge >= 0.3 is 0 Å². The molecule has 0 unspecified atom stereocenters. The predicted molar refractivity (Wildman–Crippen MR) is 126 cm³/mol. The molecule has 0 spiro atoms. The summed E-state index contributed by atoms with van der Waals surface area (Å²) in [5.41, 5.74) is 5.47. The summed E-state index contributed by atoms with van der Waals surface area (Å²) < 4.78 is 12.5. The molecular weight excluding hydrogens is 402 g/mol. The molecular formula is C26H25N3O3. The van der Waals surface area contributed by atoms with Gasteiger partial charge in [-0.1, -0.05) is 30.3 Å². The second-order valence-electron chi connectivity index (χ2n) is 7.51. The third-order valence-electron chi connectivity index (χ3n) is 5.28. The summed E-state index contributed by atoms with van der Waals surface area (Å²) in [5.74, 6) is 0.950. The molecule has 0 saturated heterocycles. The monoisotopic (exact) mass is 427 g/mol. The van der Waals surface area contributed by atoms with Crippen molar-refractivity contribution < 1.29 is 14.3 Å². The topological polar surface area (TPSA) is 65.4 Å². The van der Waals surface area contributed by atoms with Gasteiger partial charge in [0, 0.05) is 17.4 Å². The largest absolute Gasteiger partial charge is 0.493 e. The van der Waals surface area contributed by atoms with Crippen LogP contribution < -0.4 is 14.8 Å². The smallest absolute Gasteiger partial charge is 0.259 e.